The molecular formula is C18H25N3O. The zero-order valence-electron chi connectivity index (χ0n) is 13.8. The molecule has 2 heterocycles. The van der Waals surface area contributed by atoms with Crippen LogP contribution in [0.1, 0.15) is 64.3 Å². The van der Waals surface area contributed by atoms with E-state index in [1.54, 1.807) is 0 Å². The van der Waals surface area contributed by atoms with Crippen molar-refractivity contribution in [1.82, 2.24) is 9.97 Å². The first-order valence-corrected chi connectivity index (χ1v) is 8.32. The number of hydrogen-bond donors (Lipinski definition) is 2. The summed E-state index contributed by atoms with van der Waals surface area (Å²) >= 11 is 0. The van der Waals surface area contributed by atoms with Crippen LogP contribution in [0.4, 0.5) is 5.69 Å². The van der Waals surface area contributed by atoms with Crippen LogP contribution in [0.25, 0.3) is 11.0 Å². The Bertz CT molecular complexity index is 700. The van der Waals surface area contributed by atoms with Gasteiger partial charge in [-0.1, -0.05) is 40.0 Å². The molecule has 0 saturated carbocycles. The van der Waals surface area contributed by atoms with Crippen LogP contribution in [0.2, 0.25) is 0 Å². The van der Waals surface area contributed by atoms with Crippen molar-refractivity contribution in [3.8, 4) is 0 Å². The fraction of sp³-hybridized carbons (Fsp3) is 0.556. The molecule has 1 aliphatic rings. The van der Waals surface area contributed by atoms with Gasteiger partial charge in [0.1, 0.15) is 5.82 Å². The molecule has 2 aromatic rings. The quantitative estimate of drug-likeness (QED) is 0.808. The first kappa shape index (κ1) is 15.1. The lowest BCUT2D eigenvalue weighted by atomic mass is 9.78. The number of carbonyl (C=O) groups excluding carboxylic acids is 1. The van der Waals surface area contributed by atoms with Gasteiger partial charge in [0.2, 0.25) is 5.91 Å². The van der Waals surface area contributed by atoms with Gasteiger partial charge in [-0.15, -0.1) is 0 Å². The SMILES string of the molecule is CCCCCCc1nc2cc3c(cc2[nH]1)C(C)(C)CC(=O)N3. The molecule has 4 nitrogen and oxygen atoms in total. The molecule has 1 aromatic carbocycles. The Morgan fingerprint density at radius 3 is 2.82 bits per heavy atom. The summed E-state index contributed by atoms with van der Waals surface area (Å²) < 4.78 is 0. The number of carbonyl (C=O) groups is 1. The van der Waals surface area contributed by atoms with Gasteiger partial charge in [-0.2, -0.15) is 0 Å². The van der Waals surface area contributed by atoms with Crippen molar-refractivity contribution in [2.24, 2.45) is 0 Å². The number of nitrogens with one attached hydrogen (secondary N) is 2. The van der Waals surface area contributed by atoms with E-state index in [1.807, 2.05) is 6.07 Å². The highest BCUT2D eigenvalue weighted by Crippen LogP contribution is 2.38. The summed E-state index contributed by atoms with van der Waals surface area (Å²) in [6.45, 7) is 6.47. The fourth-order valence-electron chi connectivity index (χ4n) is 3.30. The second-order valence-electron chi connectivity index (χ2n) is 7.02. The molecule has 2 N–H and O–H groups in total. The molecule has 0 spiro atoms. The summed E-state index contributed by atoms with van der Waals surface area (Å²) in [6, 6.07) is 4.17. The van der Waals surface area contributed by atoms with Gasteiger partial charge < -0.3 is 10.3 Å². The molecule has 4 heteroatoms. The normalized spacial score (nSPS) is 16.6. The van der Waals surface area contributed by atoms with E-state index < -0.39 is 0 Å². The number of aryl methyl sites for hydroxylation is 1. The Balaban J connectivity index is 1.88. The first-order valence-electron chi connectivity index (χ1n) is 8.32. The minimum absolute atomic E-state index is 0.0900. The highest BCUT2D eigenvalue weighted by molar-refractivity contribution is 5.98. The summed E-state index contributed by atoms with van der Waals surface area (Å²) in [6.07, 6.45) is 6.50. The number of unbranched alkanes of at least 4 members (excludes halogenated alkanes) is 3. The zero-order chi connectivity index (χ0) is 15.7. The Kier molecular flexibility index (Phi) is 3.94. The number of anilines is 1. The second-order valence-corrected chi connectivity index (χ2v) is 7.02. The Morgan fingerprint density at radius 1 is 1.23 bits per heavy atom. The van der Waals surface area contributed by atoms with Crippen molar-refractivity contribution in [1.29, 1.82) is 0 Å². The molecule has 0 radical (unpaired) electrons. The first-order chi connectivity index (χ1) is 10.5. The molecule has 0 fully saturated rings. The summed E-state index contributed by atoms with van der Waals surface area (Å²) in [7, 11) is 0. The summed E-state index contributed by atoms with van der Waals surface area (Å²) in [5.41, 5.74) is 4.01. The number of fused-ring (bicyclic) bond motifs is 2. The van der Waals surface area contributed by atoms with Crippen molar-refractivity contribution < 1.29 is 4.79 Å². The summed E-state index contributed by atoms with van der Waals surface area (Å²) in [5.74, 6) is 1.14. The van der Waals surface area contributed by atoms with E-state index >= 15 is 0 Å². The average molecular weight is 299 g/mol. The Labute approximate surface area is 131 Å². The van der Waals surface area contributed by atoms with Gasteiger partial charge >= 0.3 is 0 Å². The number of H-pyrrole nitrogens is 1. The third kappa shape index (κ3) is 2.87. The van der Waals surface area contributed by atoms with Gasteiger partial charge in [-0.3, -0.25) is 4.79 Å². The summed E-state index contributed by atoms with van der Waals surface area (Å²) in [5, 5.41) is 2.98. The highest BCUT2D eigenvalue weighted by Gasteiger charge is 2.32. The number of hydrogen-bond acceptors (Lipinski definition) is 2. The van der Waals surface area contributed by atoms with Crippen molar-refractivity contribution in [2.45, 2.75) is 64.7 Å². The van der Waals surface area contributed by atoms with Gasteiger partial charge in [0.05, 0.1) is 11.0 Å². The van der Waals surface area contributed by atoms with Crippen molar-refractivity contribution >= 4 is 22.6 Å². The predicted molar refractivity (Wildman–Crippen MR) is 90.2 cm³/mol. The molecule has 1 aliphatic heterocycles. The van der Waals surface area contributed by atoms with Gasteiger partial charge in [0.25, 0.3) is 0 Å². The topological polar surface area (TPSA) is 57.8 Å². The maximum absolute atomic E-state index is 11.8. The Hall–Kier alpha value is -1.84. The predicted octanol–water partition coefficient (Wildman–Crippen LogP) is 4.31. The van der Waals surface area contributed by atoms with Crippen LogP contribution in [0.5, 0.6) is 0 Å². The van der Waals surface area contributed by atoms with Gasteiger partial charge in [0, 0.05) is 23.9 Å². The third-order valence-electron chi connectivity index (χ3n) is 4.54. The van der Waals surface area contributed by atoms with Crippen molar-refractivity contribution in [3.05, 3.63) is 23.5 Å². The monoisotopic (exact) mass is 299 g/mol. The lowest BCUT2D eigenvalue weighted by molar-refractivity contribution is -0.117. The number of aromatic amines is 1. The fourth-order valence-corrected chi connectivity index (χ4v) is 3.30. The lowest BCUT2D eigenvalue weighted by Gasteiger charge is -2.31. The van der Waals surface area contributed by atoms with Crippen LogP contribution in [0, 0.1) is 0 Å². The lowest BCUT2D eigenvalue weighted by Crippen LogP contribution is -2.32. The molecule has 118 valence electrons. The van der Waals surface area contributed by atoms with E-state index in [2.05, 4.69) is 42.1 Å². The molecule has 22 heavy (non-hydrogen) atoms. The standard InChI is InChI=1S/C18H25N3O/c1-4-5-6-7-8-16-19-14-9-12-13(10-15(14)20-16)21-17(22)11-18(12,2)3/h9-10H,4-8,11H2,1-3H3,(H,19,20)(H,21,22). The number of benzene rings is 1. The van der Waals surface area contributed by atoms with Gasteiger partial charge in [0.15, 0.2) is 0 Å². The maximum atomic E-state index is 11.8. The van der Waals surface area contributed by atoms with Crippen LogP contribution in [-0.4, -0.2) is 15.9 Å². The van der Waals surface area contributed by atoms with E-state index in [0.29, 0.717) is 6.42 Å². The number of amides is 1. The Morgan fingerprint density at radius 2 is 2.05 bits per heavy atom. The molecule has 0 atom stereocenters. The second kappa shape index (κ2) is 5.75. The van der Waals surface area contributed by atoms with Gasteiger partial charge in [-0.25, -0.2) is 4.98 Å². The van der Waals surface area contributed by atoms with E-state index in [-0.39, 0.29) is 11.3 Å². The molecule has 0 aliphatic carbocycles. The number of nitrogens with zero attached hydrogens (tertiary/aromatic N) is 1. The van der Waals surface area contributed by atoms with E-state index in [1.165, 1.54) is 31.2 Å². The molecule has 3 rings (SSSR count). The molecular weight excluding hydrogens is 274 g/mol. The highest BCUT2D eigenvalue weighted by atomic mass is 16.1. The number of rotatable bonds is 5. The minimum atomic E-state index is -0.127. The largest absolute Gasteiger partial charge is 0.342 e. The third-order valence-corrected chi connectivity index (χ3v) is 4.54. The van der Waals surface area contributed by atoms with E-state index in [0.717, 1.165) is 29.0 Å². The van der Waals surface area contributed by atoms with Gasteiger partial charge in [-0.05, 0) is 24.1 Å². The summed E-state index contributed by atoms with van der Waals surface area (Å²) in [4.78, 5) is 20.0. The zero-order valence-corrected chi connectivity index (χ0v) is 13.8. The maximum Gasteiger partial charge on any atom is 0.225 e. The molecule has 0 unspecified atom stereocenters. The number of imidazole rings is 1. The molecule has 1 aromatic heterocycles. The van der Waals surface area contributed by atoms with Crippen LogP contribution >= 0.6 is 0 Å². The molecule has 0 bridgehead atoms. The minimum Gasteiger partial charge on any atom is -0.342 e. The molecule has 1 amide bonds. The molecule has 0 saturated heterocycles. The van der Waals surface area contributed by atoms with Crippen molar-refractivity contribution in [2.75, 3.05) is 5.32 Å². The van der Waals surface area contributed by atoms with Crippen LogP contribution in [-0.2, 0) is 16.6 Å². The van der Waals surface area contributed by atoms with Crippen LogP contribution in [0.3, 0.4) is 0 Å². The van der Waals surface area contributed by atoms with E-state index in [4.69, 9.17) is 0 Å². The smallest absolute Gasteiger partial charge is 0.225 e. The van der Waals surface area contributed by atoms with E-state index in [9.17, 15) is 4.79 Å². The number of aromatic nitrogens is 2. The van der Waals surface area contributed by atoms with Crippen LogP contribution < -0.4 is 5.32 Å². The average Bonchev–Trinajstić information content (AvgIpc) is 2.82. The van der Waals surface area contributed by atoms with Crippen LogP contribution in [0.15, 0.2) is 12.1 Å². The van der Waals surface area contributed by atoms with Crippen molar-refractivity contribution in [3.63, 3.8) is 0 Å².